The van der Waals surface area contributed by atoms with E-state index >= 15 is 0 Å². The molecule has 0 saturated heterocycles. The second kappa shape index (κ2) is 8.70. The van der Waals surface area contributed by atoms with Crippen LogP contribution in [0.1, 0.15) is 29.6 Å². The summed E-state index contributed by atoms with van der Waals surface area (Å²) in [5.74, 6) is -2.02. The Hall–Kier alpha value is -2.41. The zero-order valence-corrected chi connectivity index (χ0v) is 11.5. The molecule has 0 heterocycles. The standard InChI is InChI=1S/C14H18N2O5/c15-9-5-4-8-11(12(17)18)16-14(20)21-13(19)10-6-2-1-3-7-10/h1-3,6-7,11H,4-5,8-9,15H2,(H,16,20)(H,17,18). The summed E-state index contributed by atoms with van der Waals surface area (Å²) in [4.78, 5) is 34.2. The van der Waals surface area contributed by atoms with Gasteiger partial charge in [-0.15, -0.1) is 0 Å². The number of hydrogen-bond acceptors (Lipinski definition) is 5. The van der Waals surface area contributed by atoms with E-state index < -0.39 is 24.1 Å². The van der Waals surface area contributed by atoms with E-state index in [0.29, 0.717) is 19.4 Å². The fourth-order valence-corrected chi connectivity index (χ4v) is 1.64. The van der Waals surface area contributed by atoms with Gasteiger partial charge in [-0.2, -0.15) is 0 Å². The van der Waals surface area contributed by atoms with Crippen molar-refractivity contribution in [2.24, 2.45) is 5.73 Å². The second-order valence-electron chi connectivity index (χ2n) is 4.36. The lowest BCUT2D eigenvalue weighted by molar-refractivity contribution is -0.139. The average molecular weight is 294 g/mol. The van der Waals surface area contributed by atoms with E-state index in [4.69, 9.17) is 10.8 Å². The Labute approximate surface area is 122 Å². The van der Waals surface area contributed by atoms with Crippen LogP contribution in [0.15, 0.2) is 30.3 Å². The number of unbranched alkanes of at least 4 members (excludes halogenated alkanes) is 1. The van der Waals surface area contributed by atoms with E-state index in [1.165, 1.54) is 12.1 Å². The summed E-state index contributed by atoms with van der Waals surface area (Å²) in [7, 11) is 0. The molecule has 114 valence electrons. The predicted molar refractivity (Wildman–Crippen MR) is 74.7 cm³/mol. The van der Waals surface area contributed by atoms with Crippen molar-refractivity contribution < 1.29 is 24.2 Å². The molecule has 1 amide bonds. The molecule has 0 aromatic heterocycles. The normalized spacial score (nSPS) is 11.5. The van der Waals surface area contributed by atoms with Gasteiger partial charge in [-0.05, 0) is 37.9 Å². The molecule has 4 N–H and O–H groups in total. The number of nitrogens with two attached hydrogens (primary N) is 1. The monoisotopic (exact) mass is 294 g/mol. The Morgan fingerprint density at radius 2 is 1.86 bits per heavy atom. The largest absolute Gasteiger partial charge is 0.480 e. The fourth-order valence-electron chi connectivity index (χ4n) is 1.64. The first-order chi connectivity index (χ1) is 10.0. The van der Waals surface area contributed by atoms with Crippen LogP contribution in [0.3, 0.4) is 0 Å². The van der Waals surface area contributed by atoms with Crippen LogP contribution in [0.4, 0.5) is 4.79 Å². The van der Waals surface area contributed by atoms with Crippen LogP contribution < -0.4 is 11.1 Å². The molecule has 1 atom stereocenters. The maximum Gasteiger partial charge on any atom is 0.415 e. The lowest BCUT2D eigenvalue weighted by atomic mass is 10.1. The van der Waals surface area contributed by atoms with Gasteiger partial charge in [0.25, 0.3) is 0 Å². The highest BCUT2D eigenvalue weighted by atomic mass is 16.6. The molecule has 0 aliphatic carbocycles. The van der Waals surface area contributed by atoms with Gasteiger partial charge in [-0.1, -0.05) is 18.2 Å². The predicted octanol–water partition coefficient (Wildman–Crippen LogP) is 1.14. The SMILES string of the molecule is NCCCCC(NC(=O)OC(=O)c1ccccc1)C(=O)O. The number of esters is 1. The van der Waals surface area contributed by atoms with E-state index in [0.717, 1.165) is 0 Å². The first kappa shape index (κ1) is 16.6. The molecule has 1 rings (SSSR count). The number of rotatable bonds is 7. The molecular formula is C14H18N2O5. The maximum atomic E-state index is 11.6. The van der Waals surface area contributed by atoms with Gasteiger partial charge in [0.1, 0.15) is 6.04 Å². The zero-order chi connectivity index (χ0) is 15.7. The van der Waals surface area contributed by atoms with E-state index in [-0.39, 0.29) is 12.0 Å². The van der Waals surface area contributed by atoms with Crippen LogP contribution in [-0.2, 0) is 9.53 Å². The third-order valence-corrected chi connectivity index (χ3v) is 2.73. The molecule has 1 aromatic rings. The highest BCUT2D eigenvalue weighted by Crippen LogP contribution is 2.04. The molecular weight excluding hydrogens is 276 g/mol. The average Bonchev–Trinajstić information content (AvgIpc) is 2.47. The number of carboxylic acid groups (broad SMARTS) is 1. The summed E-state index contributed by atoms with van der Waals surface area (Å²) < 4.78 is 4.55. The highest BCUT2D eigenvalue weighted by molar-refractivity contribution is 5.97. The summed E-state index contributed by atoms with van der Waals surface area (Å²) in [5, 5.41) is 11.1. The van der Waals surface area contributed by atoms with Gasteiger partial charge in [0, 0.05) is 0 Å². The van der Waals surface area contributed by atoms with Gasteiger partial charge >= 0.3 is 18.0 Å². The van der Waals surface area contributed by atoms with Gasteiger partial charge in [0.2, 0.25) is 0 Å². The van der Waals surface area contributed by atoms with Crippen molar-refractivity contribution in [1.82, 2.24) is 5.32 Å². The van der Waals surface area contributed by atoms with E-state index in [9.17, 15) is 14.4 Å². The molecule has 0 spiro atoms. The van der Waals surface area contributed by atoms with Crippen molar-refractivity contribution in [2.75, 3.05) is 6.54 Å². The third-order valence-electron chi connectivity index (χ3n) is 2.73. The quantitative estimate of drug-likeness (QED) is 0.394. The van der Waals surface area contributed by atoms with Crippen LogP contribution in [-0.4, -0.2) is 35.7 Å². The smallest absolute Gasteiger partial charge is 0.415 e. The van der Waals surface area contributed by atoms with Crippen LogP contribution >= 0.6 is 0 Å². The van der Waals surface area contributed by atoms with Gasteiger partial charge in [0.15, 0.2) is 0 Å². The molecule has 0 saturated carbocycles. The Kier molecular flexibility index (Phi) is 6.90. The summed E-state index contributed by atoms with van der Waals surface area (Å²) in [5.41, 5.74) is 5.53. The second-order valence-corrected chi connectivity index (χ2v) is 4.36. The minimum atomic E-state index is -1.18. The lowest BCUT2D eigenvalue weighted by Gasteiger charge is -2.13. The summed E-state index contributed by atoms with van der Waals surface area (Å²) >= 11 is 0. The van der Waals surface area contributed by atoms with Crippen molar-refractivity contribution >= 4 is 18.0 Å². The third kappa shape index (κ3) is 6.05. The number of aliphatic carboxylic acids is 1. The molecule has 7 nitrogen and oxygen atoms in total. The van der Waals surface area contributed by atoms with Crippen molar-refractivity contribution in [3.63, 3.8) is 0 Å². The summed E-state index contributed by atoms with van der Waals surface area (Å²) in [6.45, 7) is 0.448. The highest BCUT2D eigenvalue weighted by Gasteiger charge is 2.22. The topological polar surface area (TPSA) is 119 Å². The number of nitrogens with one attached hydrogen (secondary N) is 1. The Balaban J connectivity index is 2.50. The van der Waals surface area contributed by atoms with E-state index in [2.05, 4.69) is 10.1 Å². The maximum absolute atomic E-state index is 11.6. The number of carbonyl (C=O) groups is 3. The van der Waals surface area contributed by atoms with Crippen LogP contribution in [0.2, 0.25) is 0 Å². The first-order valence-electron chi connectivity index (χ1n) is 6.55. The minimum Gasteiger partial charge on any atom is -0.480 e. The molecule has 1 unspecified atom stereocenters. The van der Waals surface area contributed by atoms with Crippen LogP contribution in [0, 0.1) is 0 Å². The number of amides is 1. The number of hydrogen-bond donors (Lipinski definition) is 3. The van der Waals surface area contributed by atoms with Crippen molar-refractivity contribution in [3.8, 4) is 0 Å². The van der Waals surface area contributed by atoms with Crippen LogP contribution in [0.5, 0.6) is 0 Å². The number of carbonyl (C=O) groups excluding carboxylic acids is 2. The first-order valence-corrected chi connectivity index (χ1v) is 6.55. The number of alkyl carbamates (subject to hydrolysis) is 1. The fraction of sp³-hybridized carbons (Fsp3) is 0.357. The molecule has 1 aromatic carbocycles. The summed E-state index contributed by atoms with van der Waals surface area (Å²) in [6.07, 6.45) is 0.356. The molecule has 0 aliphatic rings. The minimum absolute atomic E-state index is 0.211. The van der Waals surface area contributed by atoms with Crippen molar-refractivity contribution in [1.29, 1.82) is 0 Å². The molecule has 0 bridgehead atoms. The molecule has 0 aliphatic heterocycles. The molecule has 7 heteroatoms. The number of benzene rings is 1. The molecule has 0 fully saturated rings. The number of ether oxygens (including phenoxy) is 1. The number of carboxylic acids is 1. The Morgan fingerprint density at radius 1 is 1.19 bits per heavy atom. The van der Waals surface area contributed by atoms with E-state index in [1.54, 1.807) is 18.2 Å². The van der Waals surface area contributed by atoms with Gasteiger partial charge in [0.05, 0.1) is 5.56 Å². The van der Waals surface area contributed by atoms with Crippen molar-refractivity contribution in [3.05, 3.63) is 35.9 Å². The van der Waals surface area contributed by atoms with Crippen molar-refractivity contribution in [2.45, 2.75) is 25.3 Å². The Bertz CT molecular complexity index is 489. The van der Waals surface area contributed by atoms with Gasteiger partial charge in [-0.3, -0.25) is 0 Å². The van der Waals surface area contributed by atoms with Gasteiger partial charge < -0.3 is 20.9 Å². The van der Waals surface area contributed by atoms with E-state index in [1.807, 2.05) is 0 Å². The van der Waals surface area contributed by atoms with Gasteiger partial charge in [-0.25, -0.2) is 14.4 Å². The Morgan fingerprint density at radius 3 is 2.43 bits per heavy atom. The zero-order valence-electron chi connectivity index (χ0n) is 11.5. The lowest BCUT2D eigenvalue weighted by Crippen LogP contribution is -2.41. The summed E-state index contributed by atoms with van der Waals surface area (Å²) in [6, 6.07) is 6.85. The molecule has 21 heavy (non-hydrogen) atoms. The molecule has 0 radical (unpaired) electrons. The van der Waals surface area contributed by atoms with Crippen LogP contribution in [0.25, 0.3) is 0 Å².